The molecule has 0 aliphatic carbocycles. The van der Waals surface area contributed by atoms with Crippen LogP contribution in [0, 0.1) is 5.92 Å². The summed E-state index contributed by atoms with van der Waals surface area (Å²) in [5.74, 6) is -1.60. The number of aromatic nitrogens is 1. The number of carbonyl (C=O) groups is 2. The van der Waals surface area contributed by atoms with Crippen LogP contribution in [0.5, 0.6) is 5.75 Å². The Balaban J connectivity index is 2.99. The quantitative estimate of drug-likeness (QED) is 0.780. The van der Waals surface area contributed by atoms with E-state index in [1.54, 1.807) is 18.7 Å². The molecule has 0 spiro atoms. The third kappa shape index (κ3) is 4.58. The molecule has 1 aromatic rings. The molecule has 1 unspecified atom stereocenters. The van der Waals surface area contributed by atoms with Crippen LogP contribution < -0.4 is 10.3 Å². The van der Waals surface area contributed by atoms with Gasteiger partial charge in [-0.15, -0.1) is 0 Å². The van der Waals surface area contributed by atoms with Crippen molar-refractivity contribution in [1.82, 2.24) is 9.47 Å². The predicted molar refractivity (Wildman–Crippen MR) is 85.6 cm³/mol. The van der Waals surface area contributed by atoms with E-state index in [0.29, 0.717) is 13.1 Å². The summed E-state index contributed by atoms with van der Waals surface area (Å²) >= 11 is 0. The molecule has 0 aliphatic rings. The minimum Gasteiger partial charge on any atom is -0.480 e. The first-order valence-corrected chi connectivity index (χ1v) is 7.67. The van der Waals surface area contributed by atoms with Crippen LogP contribution in [-0.2, 0) is 9.59 Å². The molecule has 0 saturated carbocycles. The minimum atomic E-state index is -1.08. The average Bonchev–Trinajstić information content (AvgIpc) is 2.48. The average molecular weight is 324 g/mol. The highest BCUT2D eigenvalue weighted by Crippen LogP contribution is 2.17. The van der Waals surface area contributed by atoms with E-state index in [2.05, 4.69) is 0 Å². The molecular formula is C16H24N2O5. The van der Waals surface area contributed by atoms with Crippen molar-refractivity contribution < 1.29 is 19.4 Å². The van der Waals surface area contributed by atoms with E-state index in [1.807, 2.05) is 13.8 Å². The Labute approximate surface area is 135 Å². The standard InChI is InChI=1S/C16H24N2O5/c1-5-17(6-2)13(19)10-23-12-8-7-9-18(15(12)20)14(11(3)4)16(21)22/h7-9,11,14H,5-6,10H2,1-4H3,(H,21,22). The van der Waals surface area contributed by atoms with Crippen molar-refractivity contribution in [3.63, 3.8) is 0 Å². The number of carboxylic acids is 1. The molecule has 0 fully saturated rings. The Morgan fingerprint density at radius 1 is 1.30 bits per heavy atom. The van der Waals surface area contributed by atoms with Crippen LogP contribution in [-0.4, -0.2) is 46.1 Å². The number of amides is 1. The molecule has 128 valence electrons. The molecule has 0 bridgehead atoms. The molecule has 23 heavy (non-hydrogen) atoms. The Kier molecular flexibility index (Phi) is 6.81. The van der Waals surface area contributed by atoms with Crippen molar-refractivity contribution in [2.24, 2.45) is 5.92 Å². The van der Waals surface area contributed by atoms with Crippen molar-refractivity contribution >= 4 is 11.9 Å². The van der Waals surface area contributed by atoms with Crippen molar-refractivity contribution in [3.05, 3.63) is 28.7 Å². The first-order valence-electron chi connectivity index (χ1n) is 7.67. The summed E-state index contributed by atoms with van der Waals surface area (Å²) in [6.45, 7) is 8.04. The fourth-order valence-electron chi connectivity index (χ4n) is 2.35. The van der Waals surface area contributed by atoms with E-state index >= 15 is 0 Å². The van der Waals surface area contributed by atoms with Crippen LogP contribution in [0.2, 0.25) is 0 Å². The SMILES string of the molecule is CCN(CC)C(=O)COc1cccn(C(C(=O)O)C(C)C)c1=O. The van der Waals surface area contributed by atoms with E-state index in [1.165, 1.54) is 18.3 Å². The molecule has 1 heterocycles. The fraction of sp³-hybridized carbons (Fsp3) is 0.562. The number of carbonyl (C=O) groups excluding carboxylic acids is 1. The maximum Gasteiger partial charge on any atom is 0.327 e. The Morgan fingerprint density at radius 2 is 1.91 bits per heavy atom. The second-order valence-corrected chi connectivity index (χ2v) is 5.47. The van der Waals surface area contributed by atoms with Crippen molar-refractivity contribution in [2.75, 3.05) is 19.7 Å². The van der Waals surface area contributed by atoms with Gasteiger partial charge in [0.15, 0.2) is 12.4 Å². The maximum atomic E-state index is 12.4. The van der Waals surface area contributed by atoms with Gasteiger partial charge in [0.05, 0.1) is 0 Å². The van der Waals surface area contributed by atoms with Gasteiger partial charge in [0.25, 0.3) is 11.5 Å². The molecule has 1 aromatic heterocycles. The normalized spacial score (nSPS) is 12.0. The smallest absolute Gasteiger partial charge is 0.327 e. The Morgan fingerprint density at radius 3 is 2.39 bits per heavy atom. The van der Waals surface area contributed by atoms with E-state index in [9.17, 15) is 19.5 Å². The Hall–Kier alpha value is -2.31. The second-order valence-electron chi connectivity index (χ2n) is 5.47. The lowest BCUT2D eigenvalue weighted by molar-refractivity contribution is -0.142. The number of pyridine rings is 1. The molecule has 0 saturated heterocycles. The van der Waals surface area contributed by atoms with Crippen molar-refractivity contribution in [3.8, 4) is 5.75 Å². The third-order valence-corrected chi connectivity index (χ3v) is 3.59. The van der Waals surface area contributed by atoms with Gasteiger partial charge < -0.3 is 14.7 Å². The number of nitrogens with zero attached hydrogens (tertiary/aromatic N) is 2. The zero-order chi connectivity index (χ0) is 17.6. The lowest BCUT2D eigenvalue weighted by Gasteiger charge is -2.21. The van der Waals surface area contributed by atoms with Crippen LogP contribution in [0.3, 0.4) is 0 Å². The van der Waals surface area contributed by atoms with Crippen LogP contribution >= 0.6 is 0 Å². The number of hydrogen-bond donors (Lipinski definition) is 1. The fourth-order valence-corrected chi connectivity index (χ4v) is 2.35. The molecular weight excluding hydrogens is 300 g/mol. The van der Waals surface area contributed by atoms with E-state index in [4.69, 9.17) is 4.74 Å². The van der Waals surface area contributed by atoms with Gasteiger partial charge in [0.2, 0.25) is 0 Å². The highest BCUT2D eigenvalue weighted by molar-refractivity contribution is 5.77. The predicted octanol–water partition coefficient (Wildman–Crippen LogP) is 1.38. The Bertz CT molecular complexity index is 605. The second kappa shape index (κ2) is 8.36. The molecule has 7 nitrogen and oxygen atoms in total. The molecule has 7 heteroatoms. The summed E-state index contributed by atoms with van der Waals surface area (Å²) in [5.41, 5.74) is -0.555. The van der Waals surface area contributed by atoms with Crippen LogP contribution in [0.1, 0.15) is 33.7 Å². The zero-order valence-corrected chi connectivity index (χ0v) is 14.0. The van der Waals surface area contributed by atoms with Gasteiger partial charge >= 0.3 is 5.97 Å². The van der Waals surface area contributed by atoms with Gasteiger partial charge in [0, 0.05) is 19.3 Å². The van der Waals surface area contributed by atoms with Gasteiger partial charge in [0.1, 0.15) is 6.04 Å². The third-order valence-electron chi connectivity index (χ3n) is 3.59. The molecule has 1 N–H and O–H groups in total. The summed E-state index contributed by atoms with van der Waals surface area (Å²) in [5, 5.41) is 9.31. The van der Waals surface area contributed by atoms with Crippen LogP contribution in [0.15, 0.2) is 23.1 Å². The first kappa shape index (κ1) is 18.7. The number of rotatable bonds is 8. The molecule has 1 rings (SSSR count). The van der Waals surface area contributed by atoms with E-state index in [-0.39, 0.29) is 24.2 Å². The van der Waals surface area contributed by atoms with Crippen LogP contribution in [0.4, 0.5) is 0 Å². The molecule has 1 amide bonds. The maximum absolute atomic E-state index is 12.4. The van der Waals surface area contributed by atoms with Crippen molar-refractivity contribution in [2.45, 2.75) is 33.7 Å². The molecule has 0 aliphatic heterocycles. The summed E-state index contributed by atoms with van der Waals surface area (Å²) < 4.78 is 6.45. The first-order chi connectivity index (χ1) is 10.8. The number of hydrogen-bond acceptors (Lipinski definition) is 4. The van der Waals surface area contributed by atoms with E-state index in [0.717, 1.165) is 4.57 Å². The summed E-state index contributed by atoms with van der Waals surface area (Å²) in [6, 6.07) is 1.99. The summed E-state index contributed by atoms with van der Waals surface area (Å²) in [7, 11) is 0. The molecule has 1 atom stereocenters. The monoisotopic (exact) mass is 324 g/mol. The van der Waals surface area contributed by atoms with E-state index < -0.39 is 17.6 Å². The lowest BCUT2D eigenvalue weighted by atomic mass is 10.0. The highest BCUT2D eigenvalue weighted by Gasteiger charge is 2.25. The molecule has 0 aromatic carbocycles. The lowest BCUT2D eigenvalue weighted by Crippen LogP contribution is -2.36. The number of likely N-dealkylation sites (N-methyl/N-ethyl adjacent to an activating group) is 1. The van der Waals surface area contributed by atoms with Gasteiger partial charge in [-0.05, 0) is 31.9 Å². The topological polar surface area (TPSA) is 88.8 Å². The van der Waals surface area contributed by atoms with Gasteiger partial charge in [-0.3, -0.25) is 14.2 Å². The van der Waals surface area contributed by atoms with Gasteiger partial charge in [-0.25, -0.2) is 4.79 Å². The number of carboxylic acid groups (broad SMARTS) is 1. The minimum absolute atomic E-state index is 0.0279. The largest absolute Gasteiger partial charge is 0.480 e. The zero-order valence-electron chi connectivity index (χ0n) is 14.0. The molecule has 0 radical (unpaired) electrons. The van der Waals surface area contributed by atoms with Crippen molar-refractivity contribution in [1.29, 1.82) is 0 Å². The highest BCUT2D eigenvalue weighted by atomic mass is 16.5. The van der Waals surface area contributed by atoms with Crippen LogP contribution in [0.25, 0.3) is 0 Å². The van der Waals surface area contributed by atoms with Gasteiger partial charge in [-0.2, -0.15) is 0 Å². The summed E-state index contributed by atoms with van der Waals surface area (Å²) in [6.07, 6.45) is 1.42. The van der Waals surface area contributed by atoms with Gasteiger partial charge in [-0.1, -0.05) is 13.8 Å². The summed E-state index contributed by atoms with van der Waals surface area (Å²) in [4.78, 5) is 37.3. The number of ether oxygens (including phenoxy) is 1. The number of aliphatic carboxylic acids is 1.